The Hall–Kier alpha value is -0.810. The van der Waals surface area contributed by atoms with E-state index in [4.69, 9.17) is 9.47 Å². The van der Waals surface area contributed by atoms with Crippen LogP contribution in [0.5, 0.6) is 0 Å². The van der Waals surface area contributed by atoms with Crippen molar-refractivity contribution >= 4 is 6.09 Å². The first-order chi connectivity index (χ1) is 7.44. The molecule has 0 bridgehead atoms. The van der Waals surface area contributed by atoms with Crippen LogP contribution in [0.4, 0.5) is 4.79 Å². The summed E-state index contributed by atoms with van der Waals surface area (Å²) in [5, 5.41) is 3.06. The first-order valence-corrected chi connectivity index (χ1v) is 5.68. The Labute approximate surface area is 97.1 Å². The first-order valence-electron chi connectivity index (χ1n) is 5.68. The molecule has 0 saturated carbocycles. The number of hydrogen-bond donors (Lipinski definition) is 1. The van der Waals surface area contributed by atoms with Gasteiger partial charge in [0.1, 0.15) is 11.8 Å². The van der Waals surface area contributed by atoms with Crippen molar-refractivity contribution in [2.75, 3.05) is 26.8 Å². The smallest absolute Gasteiger partial charge is 0.411 e. The van der Waals surface area contributed by atoms with E-state index >= 15 is 0 Å². The minimum atomic E-state index is -0.456. The largest absolute Gasteiger partial charge is 0.444 e. The number of likely N-dealkylation sites (N-methyl/N-ethyl adjacent to an activating group) is 1. The summed E-state index contributed by atoms with van der Waals surface area (Å²) in [6.45, 7) is 7.47. The summed E-state index contributed by atoms with van der Waals surface area (Å²) in [4.78, 5) is 13.6. The third kappa shape index (κ3) is 3.98. The van der Waals surface area contributed by atoms with Crippen LogP contribution in [0.15, 0.2) is 0 Å². The molecule has 5 nitrogen and oxygen atoms in total. The van der Waals surface area contributed by atoms with Crippen LogP contribution in [0.1, 0.15) is 27.2 Å². The molecule has 0 aromatic rings. The second-order valence-corrected chi connectivity index (χ2v) is 4.91. The average Bonchev–Trinajstić information content (AvgIpc) is 2.39. The molecule has 1 N–H and O–H groups in total. The number of rotatable bonds is 1. The number of nitrogens with one attached hydrogen (secondary N) is 1. The Balaban J connectivity index is 2.63. The lowest BCUT2D eigenvalue weighted by molar-refractivity contribution is 0.00852. The van der Waals surface area contributed by atoms with Gasteiger partial charge in [0, 0.05) is 13.2 Å². The highest BCUT2D eigenvalue weighted by molar-refractivity contribution is 5.68. The van der Waals surface area contributed by atoms with Crippen LogP contribution >= 0.6 is 0 Å². The summed E-state index contributed by atoms with van der Waals surface area (Å²) in [6, 6.07) is 0. The van der Waals surface area contributed by atoms with Crippen molar-refractivity contribution in [3.63, 3.8) is 0 Å². The summed E-state index contributed by atoms with van der Waals surface area (Å²) in [6.07, 6.45) is 0.465. The molecule has 5 heteroatoms. The number of amides is 1. The Morgan fingerprint density at radius 1 is 1.50 bits per heavy atom. The molecule has 0 spiro atoms. The van der Waals surface area contributed by atoms with E-state index in [0.29, 0.717) is 19.8 Å². The van der Waals surface area contributed by atoms with Gasteiger partial charge >= 0.3 is 6.09 Å². The predicted molar refractivity (Wildman–Crippen MR) is 61.2 cm³/mol. The van der Waals surface area contributed by atoms with E-state index in [9.17, 15) is 4.79 Å². The predicted octanol–water partition coefficient (Wildman–Crippen LogP) is 1.19. The molecular formula is C11H22N2O3. The summed E-state index contributed by atoms with van der Waals surface area (Å²) in [5.74, 6) is 0. The quantitative estimate of drug-likeness (QED) is 0.735. The molecule has 1 aliphatic heterocycles. The molecule has 0 aromatic carbocycles. The van der Waals surface area contributed by atoms with Crippen LogP contribution in [-0.2, 0) is 9.47 Å². The van der Waals surface area contributed by atoms with Crippen LogP contribution in [0.2, 0.25) is 0 Å². The molecular weight excluding hydrogens is 208 g/mol. The zero-order chi connectivity index (χ0) is 12.2. The van der Waals surface area contributed by atoms with Crippen LogP contribution in [0, 0.1) is 0 Å². The maximum absolute atomic E-state index is 11.9. The van der Waals surface area contributed by atoms with Gasteiger partial charge in [-0.1, -0.05) is 0 Å². The van der Waals surface area contributed by atoms with Crippen LogP contribution in [-0.4, -0.2) is 49.6 Å². The maximum atomic E-state index is 11.9. The minimum absolute atomic E-state index is 0.0997. The lowest BCUT2D eigenvalue weighted by Crippen LogP contribution is -2.50. The molecule has 94 valence electrons. The van der Waals surface area contributed by atoms with Gasteiger partial charge in [0.05, 0.1) is 6.61 Å². The molecule has 1 unspecified atom stereocenters. The van der Waals surface area contributed by atoms with Gasteiger partial charge < -0.3 is 9.47 Å². The maximum Gasteiger partial charge on any atom is 0.411 e. The van der Waals surface area contributed by atoms with E-state index < -0.39 is 5.60 Å². The Bertz CT molecular complexity index is 238. The van der Waals surface area contributed by atoms with Crippen molar-refractivity contribution < 1.29 is 14.3 Å². The molecule has 1 saturated heterocycles. The first kappa shape index (κ1) is 13.3. The van der Waals surface area contributed by atoms with Crippen LogP contribution in [0.3, 0.4) is 0 Å². The van der Waals surface area contributed by atoms with Crippen molar-refractivity contribution in [1.29, 1.82) is 0 Å². The minimum Gasteiger partial charge on any atom is -0.444 e. The van der Waals surface area contributed by atoms with Crippen molar-refractivity contribution in [3.05, 3.63) is 0 Å². The topological polar surface area (TPSA) is 50.8 Å². The average molecular weight is 230 g/mol. The molecule has 0 aliphatic carbocycles. The van der Waals surface area contributed by atoms with E-state index in [1.165, 1.54) is 0 Å². The summed E-state index contributed by atoms with van der Waals surface area (Å²) in [5.41, 5.74) is -0.456. The fourth-order valence-electron chi connectivity index (χ4n) is 1.56. The highest BCUT2D eigenvalue weighted by atomic mass is 16.6. The molecule has 0 aromatic heterocycles. The van der Waals surface area contributed by atoms with Gasteiger partial charge in [0.15, 0.2) is 0 Å². The molecule has 1 atom stereocenters. The summed E-state index contributed by atoms with van der Waals surface area (Å²) < 4.78 is 10.8. The van der Waals surface area contributed by atoms with E-state index in [1.54, 1.807) is 4.90 Å². The lowest BCUT2D eigenvalue weighted by atomic mass is 10.2. The summed E-state index contributed by atoms with van der Waals surface area (Å²) in [7, 11) is 1.82. The van der Waals surface area contributed by atoms with E-state index in [0.717, 1.165) is 6.42 Å². The number of carbonyl (C=O) groups excluding carboxylic acids is 1. The van der Waals surface area contributed by atoms with Gasteiger partial charge in [-0.25, -0.2) is 4.79 Å². The molecule has 1 aliphatic rings. The second kappa shape index (κ2) is 5.50. The molecule has 0 radical (unpaired) electrons. The molecule has 1 heterocycles. The highest BCUT2D eigenvalue weighted by Crippen LogP contribution is 2.13. The monoisotopic (exact) mass is 230 g/mol. The van der Waals surface area contributed by atoms with Gasteiger partial charge in [-0.2, -0.15) is 0 Å². The number of nitrogens with zero attached hydrogens (tertiary/aromatic N) is 1. The summed E-state index contributed by atoms with van der Waals surface area (Å²) >= 11 is 0. The van der Waals surface area contributed by atoms with Crippen molar-refractivity contribution in [3.8, 4) is 0 Å². The molecule has 16 heavy (non-hydrogen) atoms. The van der Waals surface area contributed by atoms with Gasteiger partial charge in [-0.3, -0.25) is 10.2 Å². The van der Waals surface area contributed by atoms with Gasteiger partial charge in [0.25, 0.3) is 0 Å². The number of ether oxygens (including phenoxy) is 2. The zero-order valence-electron chi connectivity index (χ0n) is 10.6. The van der Waals surface area contributed by atoms with Crippen LogP contribution in [0.25, 0.3) is 0 Å². The van der Waals surface area contributed by atoms with E-state index in [1.807, 2.05) is 27.8 Å². The normalized spacial score (nSPS) is 22.8. The fraction of sp³-hybridized carbons (Fsp3) is 0.909. The number of hydrogen-bond acceptors (Lipinski definition) is 4. The van der Waals surface area contributed by atoms with Crippen molar-refractivity contribution in [2.45, 2.75) is 39.0 Å². The SMILES string of the molecule is CNC1COCCCN1C(=O)OC(C)(C)C. The second-order valence-electron chi connectivity index (χ2n) is 4.91. The van der Waals surface area contributed by atoms with E-state index in [2.05, 4.69) is 5.32 Å². The van der Waals surface area contributed by atoms with Gasteiger partial charge in [-0.05, 0) is 34.2 Å². The lowest BCUT2D eigenvalue weighted by Gasteiger charge is -2.31. The fourth-order valence-corrected chi connectivity index (χ4v) is 1.56. The Morgan fingerprint density at radius 2 is 2.19 bits per heavy atom. The van der Waals surface area contributed by atoms with E-state index in [-0.39, 0.29) is 12.3 Å². The van der Waals surface area contributed by atoms with Gasteiger partial charge in [0.2, 0.25) is 0 Å². The Kier molecular flexibility index (Phi) is 4.56. The molecule has 1 amide bonds. The third-order valence-corrected chi connectivity index (χ3v) is 2.30. The zero-order valence-corrected chi connectivity index (χ0v) is 10.6. The standard InChI is InChI=1S/C11H22N2O3/c1-11(2,3)16-10(14)13-6-5-7-15-8-9(13)12-4/h9,12H,5-8H2,1-4H3. The van der Waals surface area contributed by atoms with Crippen molar-refractivity contribution in [2.24, 2.45) is 0 Å². The molecule has 1 rings (SSSR count). The molecule has 1 fully saturated rings. The Morgan fingerprint density at radius 3 is 2.75 bits per heavy atom. The van der Waals surface area contributed by atoms with Crippen molar-refractivity contribution in [1.82, 2.24) is 10.2 Å². The van der Waals surface area contributed by atoms with Gasteiger partial charge in [-0.15, -0.1) is 0 Å². The third-order valence-electron chi connectivity index (χ3n) is 2.30. The van der Waals surface area contributed by atoms with Crippen LogP contribution < -0.4 is 5.32 Å². The number of carbonyl (C=O) groups is 1. The highest BCUT2D eigenvalue weighted by Gasteiger charge is 2.28.